The Morgan fingerprint density at radius 3 is 2.48 bits per heavy atom. The fourth-order valence-corrected chi connectivity index (χ4v) is 3.28. The van der Waals surface area contributed by atoms with Gasteiger partial charge < -0.3 is 24.1 Å². The van der Waals surface area contributed by atoms with Gasteiger partial charge in [0.15, 0.2) is 17.6 Å². The normalized spacial score (nSPS) is 17.2. The van der Waals surface area contributed by atoms with Crippen molar-refractivity contribution >= 4 is 5.97 Å². The van der Waals surface area contributed by atoms with Crippen molar-refractivity contribution in [2.45, 2.75) is 38.7 Å². The molecule has 2 aliphatic heterocycles. The van der Waals surface area contributed by atoms with E-state index in [1.807, 2.05) is 0 Å². The van der Waals surface area contributed by atoms with Crippen LogP contribution < -0.4 is 14.2 Å². The summed E-state index contributed by atoms with van der Waals surface area (Å²) >= 11 is 0. The monoisotopic (exact) mass is 322 g/mol. The van der Waals surface area contributed by atoms with Gasteiger partial charge in [0.2, 0.25) is 0 Å². The quantitative estimate of drug-likeness (QED) is 0.854. The van der Waals surface area contributed by atoms with E-state index in [4.69, 9.17) is 18.9 Å². The maximum atomic E-state index is 12.1. The van der Waals surface area contributed by atoms with Crippen molar-refractivity contribution in [1.82, 2.24) is 0 Å². The molecule has 2 aliphatic rings. The van der Waals surface area contributed by atoms with Gasteiger partial charge in [0, 0.05) is 16.7 Å². The number of carbonyl (C=O) groups is 1. The van der Waals surface area contributed by atoms with Gasteiger partial charge in [-0.1, -0.05) is 0 Å². The van der Waals surface area contributed by atoms with Crippen molar-refractivity contribution in [3.8, 4) is 17.2 Å². The Kier molecular flexibility index (Phi) is 4.61. The molecule has 0 aliphatic carbocycles. The SMILES string of the molecule is CCOC(=O)C(O)c1c2c(c(OC)c3c1OCCC3)OCCC2. The summed E-state index contributed by atoms with van der Waals surface area (Å²) in [7, 11) is 1.60. The zero-order chi connectivity index (χ0) is 16.4. The summed E-state index contributed by atoms with van der Waals surface area (Å²) in [5, 5.41) is 10.5. The van der Waals surface area contributed by atoms with Gasteiger partial charge in [-0.15, -0.1) is 0 Å². The van der Waals surface area contributed by atoms with Crippen LogP contribution in [-0.2, 0) is 22.4 Å². The van der Waals surface area contributed by atoms with E-state index in [-0.39, 0.29) is 6.61 Å². The smallest absolute Gasteiger partial charge is 0.339 e. The molecule has 2 heterocycles. The Bertz CT molecular complexity index is 573. The number of rotatable bonds is 4. The van der Waals surface area contributed by atoms with Gasteiger partial charge >= 0.3 is 5.97 Å². The fourth-order valence-electron chi connectivity index (χ4n) is 3.28. The van der Waals surface area contributed by atoms with Gasteiger partial charge in [-0.05, 0) is 32.6 Å². The molecule has 6 nitrogen and oxygen atoms in total. The van der Waals surface area contributed by atoms with E-state index in [0.29, 0.717) is 42.4 Å². The molecule has 1 aromatic carbocycles. The lowest BCUT2D eigenvalue weighted by atomic mass is 9.89. The first-order valence-corrected chi connectivity index (χ1v) is 8.04. The lowest BCUT2D eigenvalue weighted by Gasteiger charge is -2.31. The van der Waals surface area contributed by atoms with Crippen molar-refractivity contribution < 1.29 is 28.8 Å². The predicted octanol–water partition coefficient (Wildman–Crippen LogP) is 1.94. The minimum absolute atomic E-state index is 0.216. The van der Waals surface area contributed by atoms with Crippen LogP contribution in [0.15, 0.2) is 0 Å². The van der Waals surface area contributed by atoms with Crippen molar-refractivity contribution in [1.29, 1.82) is 0 Å². The number of ether oxygens (including phenoxy) is 4. The molecule has 0 radical (unpaired) electrons. The van der Waals surface area contributed by atoms with Gasteiger partial charge in [-0.25, -0.2) is 4.79 Å². The summed E-state index contributed by atoms with van der Waals surface area (Å²) in [6.07, 6.45) is 1.77. The summed E-state index contributed by atoms with van der Waals surface area (Å²) in [6.45, 7) is 3.08. The highest BCUT2D eigenvalue weighted by Gasteiger charge is 2.35. The van der Waals surface area contributed by atoms with Crippen LogP contribution in [0.1, 0.15) is 42.6 Å². The number of carbonyl (C=O) groups excluding carboxylic acids is 1. The molecule has 1 unspecified atom stereocenters. The molecule has 126 valence electrons. The number of aliphatic hydroxyl groups is 1. The molecule has 1 atom stereocenters. The molecule has 0 aromatic heterocycles. The third kappa shape index (κ3) is 2.72. The Labute approximate surface area is 135 Å². The maximum Gasteiger partial charge on any atom is 0.339 e. The van der Waals surface area contributed by atoms with Crippen LogP contribution in [0.5, 0.6) is 17.2 Å². The number of hydrogen-bond donors (Lipinski definition) is 1. The highest BCUT2D eigenvalue weighted by atomic mass is 16.5. The molecular formula is C17H22O6. The Morgan fingerprint density at radius 1 is 1.17 bits per heavy atom. The van der Waals surface area contributed by atoms with Crippen LogP contribution in [0.25, 0.3) is 0 Å². The van der Waals surface area contributed by atoms with Crippen LogP contribution in [0.4, 0.5) is 0 Å². The summed E-state index contributed by atoms with van der Waals surface area (Å²) in [5.74, 6) is 1.18. The second kappa shape index (κ2) is 6.66. The van der Waals surface area contributed by atoms with Crippen molar-refractivity contribution in [2.75, 3.05) is 26.9 Å². The first-order chi connectivity index (χ1) is 11.2. The van der Waals surface area contributed by atoms with E-state index in [2.05, 4.69) is 0 Å². The Hall–Kier alpha value is -1.95. The largest absolute Gasteiger partial charge is 0.493 e. The molecular weight excluding hydrogens is 300 g/mol. The second-order valence-electron chi connectivity index (χ2n) is 5.62. The molecule has 1 N–H and O–H groups in total. The molecule has 0 saturated carbocycles. The van der Waals surface area contributed by atoms with E-state index < -0.39 is 12.1 Å². The lowest BCUT2D eigenvalue weighted by Crippen LogP contribution is -2.23. The van der Waals surface area contributed by atoms with Crippen molar-refractivity contribution in [3.63, 3.8) is 0 Å². The zero-order valence-corrected chi connectivity index (χ0v) is 13.5. The van der Waals surface area contributed by atoms with Crippen molar-refractivity contribution in [2.24, 2.45) is 0 Å². The van der Waals surface area contributed by atoms with Crippen LogP contribution in [0.3, 0.4) is 0 Å². The highest BCUT2D eigenvalue weighted by Crippen LogP contribution is 2.50. The van der Waals surface area contributed by atoms with E-state index in [0.717, 1.165) is 30.4 Å². The lowest BCUT2D eigenvalue weighted by molar-refractivity contribution is -0.153. The van der Waals surface area contributed by atoms with Gasteiger partial charge in [0.05, 0.1) is 26.9 Å². The molecule has 6 heteroatoms. The molecule has 1 aromatic rings. The second-order valence-corrected chi connectivity index (χ2v) is 5.62. The van der Waals surface area contributed by atoms with E-state index in [1.54, 1.807) is 14.0 Å². The predicted molar refractivity (Wildman–Crippen MR) is 82.2 cm³/mol. The van der Waals surface area contributed by atoms with E-state index in [9.17, 15) is 9.90 Å². The molecule has 0 fully saturated rings. The van der Waals surface area contributed by atoms with Crippen LogP contribution in [0, 0.1) is 0 Å². The molecule has 0 spiro atoms. The average molecular weight is 322 g/mol. The van der Waals surface area contributed by atoms with E-state index >= 15 is 0 Å². The van der Waals surface area contributed by atoms with Crippen LogP contribution in [-0.4, -0.2) is 38.0 Å². The number of methoxy groups -OCH3 is 1. The minimum atomic E-state index is -1.37. The van der Waals surface area contributed by atoms with Gasteiger partial charge in [-0.2, -0.15) is 0 Å². The summed E-state index contributed by atoms with van der Waals surface area (Å²) in [4.78, 5) is 12.1. The molecule has 0 saturated heterocycles. The molecule has 3 rings (SSSR count). The minimum Gasteiger partial charge on any atom is -0.493 e. The van der Waals surface area contributed by atoms with Gasteiger partial charge in [0.1, 0.15) is 5.75 Å². The van der Waals surface area contributed by atoms with Crippen LogP contribution >= 0.6 is 0 Å². The van der Waals surface area contributed by atoms with Crippen LogP contribution in [0.2, 0.25) is 0 Å². The number of fused-ring (bicyclic) bond motifs is 2. The summed E-state index contributed by atoms with van der Waals surface area (Å²) in [5.41, 5.74) is 2.13. The standard InChI is InChI=1S/C17H22O6/c1-3-21-17(19)13(18)12-10-6-4-9-23-16(10)15(20-2)11-7-5-8-22-14(11)12/h13,18H,3-9H2,1-2H3. The number of aliphatic hydroxyl groups excluding tert-OH is 1. The molecule has 0 amide bonds. The molecule has 0 bridgehead atoms. The Morgan fingerprint density at radius 2 is 1.83 bits per heavy atom. The Balaban J connectivity index is 2.19. The topological polar surface area (TPSA) is 74.2 Å². The highest BCUT2D eigenvalue weighted by molar-refractivity contribution is 5.80. The number of esters is 1. The average Bonchev–Trinajstić information content (AvgIpc) is 2.59. The third-order valence-corrected chi connectivity index (χ3v) is 4.22. The maximum absolute atomic E-state index is 12.1. The van der Waals surface area contributed by atoms with Crippen molar-refractivity contribution in [3.05, 3.63) is 16.7 Å². The van der Waals surface area contributed by atoms with Gasteiger partial charge in [-0.3, -0.25) is 0 Å². The summed E-state index contributed by atoms with van der Waals surface area (Å²) < 4.78 is 22.1. The first-order valence-electron chi connectivity index (χ1n) is 8.04. The fraction of sp³-hybridized carbons (Fsp3) is 0.588. The number of hydrogen-bond acceptors (Lipinski definition) is 6. The third-order valence-electron chi connectivity index (χ3n) is 4.22. The van der Waals surface area contributed by atoms with Gasteiger partial charge in [0.25, 0.3) is 0 Å². The summed E-state index contributed by atoms with van der Waals surface area (Å²) in [6, 6.07) is 0. The molecule has 23 heavy (non-hydrogen) atoms. The first kappa shape index (κ1) is 15.9. The zero-order valence-electron chi connectivity index (χ0n) is 13.5. The number of benzene rings is 1. The van der Waals surface area contributed by atoms with E-state index in [1.165, 1.54) is 0 Å².